The first-order valence-corrected chi connectivity index (χ1v) is 8.07. The van der Waals surface area contributed by atoms with E-state index in [-0.39, 0.29) is 0 Å². The van der Waals surface area contributed by atoms with Crippen LogP contribution in [-0.4, -0.2) is 48.3 Å². The average molecular weight is 270 g/mol. The largest absolute Gasteiger partial charge is 0.389 e. The normalized spacial score (nSPS) is 21.0. The second-order valence-electron chi connectivity index (χ2n) is 6.81. The van der Waals surface area contributed by atoms with Gasteiger partial charge in [-0.05, 0) is 52.2 Å². The van der Waals surface area contributed by atoms with Crippen molar-refractivity contribution in [3.63, 3.8) is 0 Å². The highest BCUT2D eigenvalue weighted by atomic mass is 16.3. The predicted octanol–water partition coefficient (Wildman–Crippen LogP) is 2.64. The van der Waals surface area contributed by atoms with Crippen molar-refractivity contribution >= 4 is 0 Å². The van der Waals surface area contributed by atoms with Crippen LogP contribution < -0.4 is 5.32 Å². The maximum Gasteiger partial charge on any atom is 0.0766 e. The van der Waals surface area contributed by atoms with Gasteiger partial charge in [0, 0.05) is 12.6 Å². The average Bonchev–Trinajstić information content (AvgIpc) is 2.38. The maximum absolute atomic E-state index is 10.1. The number of nitrogens with zero attached hydrogens (tertiary/aromatic N) is 1. The standard InChI is InChI=1S/C16H34N2O/c1-14(2)16(3,19)13-17-11-8-12-18(4)15-9-6-5-7-10-15/h14-15,17,19H,5-13H2,1-4H3. The van der Waals surface area contributed by atoms with Gasteiger partial charge in [0.05, 0.1) is 5.60 Å². The van der Waals surface area contributed by atoms with Crippen LogP contribution in [0, 0.1) is 5.92 Å². The van der Waals surface area contributed by atoms with E-state index >= 15 is 0 Å². The molecule has 1 fully saturated rings. The molecule has 3 heteroatoms. The first-order valence-electron chi connectivity index (χ1n) is 8.07. The summed E-state index contributed by atoms with van der Waals surface area (Å²) in [6, 6.07) is 0.813. The van der Waals surface area contributed by atoms with Crippen molar-refractivity contribution in [3.8, 4) is 0 Å². The first kappa shape index (κ1) is 16.9. The van der Waals surface area contributed by atoms with E-state index in [0.29, 0.717) is 12.5 Å². The Morgan fingerprint density at radius 1 is 1.26 bits per heavy atom. The molecular formula is C16H34N2O. The molecule has 1 saturated carbocycles. The van der Waals surface area contributed by atoms with Crippen LogP contribution in [0.5, 0.6) is 0 Å². The van der Waals surface area contributed by atoms with Crippen LogP contribution in [0.25, 0.3) is 0 Å². The Hall–Kier alpha value is -0.120. The van der Waals surface area contributed by atoms with Gasteiger partial charge in [0.25, 0.3) is 0 Å². The van der Waals surface area contributed by atoms with Gasteiger partial charge in [-0.3, -0.25) is 0 Å². The molecule has 19 heavy (non-hydrogen) atoms. The molecule has 0 aromatic rings. The van der Waals surface area contributed by atoms with Crippen LogP contribution in [0.4, 0.5) is 0 Å². The van der Waals surface area contributed by atoms with Gasteiger partial charge in [0.1, 0.15) is 0 Å². The molecule has 1 unspecified atom stereocenters. The molecular weight excluding hydrogens is 236 g/mol. The fourth-order valence-electron chi connectivity index (χ4n) is 2.70. The number of rotatable bonds is 8. The molecule has 1 aliphatic rings. The Morgan fingerprint density at radius 3 is 2.47 bits per heavy atom. The Bertz CT molecular complexity index is 235. The quantitative estimate of drug-likeness (QED) is 0.666. The summed E-state index contributed by atoms with van der Waals surface area (Å²) in [6.07, 6.45) is 8.17. The lowest BCUT2D eigenvalue weighted by Gasteiger charge is -2.31. The summed E-state index contributed by atoms with van der Waals surface area (Å²) in [6.45, 7) is 8.91. The van der Waals surface area contributed by atoms with Gasteiger partial charge in [0.2, 0.25) is 0 Å². The van der Waals surface area contributed by atoms with Crippen molar-refractivity contribution in [2.75, 3.05) is 26.7 Å². The van der Waals surface area contributed by atoms with Crippen LogP contribution in [0.3, 0.4) is 0 Å². The highest BCUT2D eigenvalue weighted by Crippen LogP contribution is 2.21. The molecule has 0 radical (unpaired) electrons. The Morgan fingerprint density at radius 2 is 1.89 bits per heavy atom. The van der Waals surface area contributed by atoms with E-state index in [0.717, 1.165) is 12.6 Å². The molecule has 0 saturated heterocycles. The van der Waals surface area contributed by atoms with Gasteiger partial charge in [-0.1, -0.05) is 33.1 Å². The van der Waals surface area contributed by atoms with Crippen LogP contribution in [0.15, 0.2) is 0 Å². The summed E-state index contributed by atoms with van der Waals surface area (Å²) in [5, 5.41) is 13.5. The second-order valence-corrected chi connectivity index (χ2v) is 6.81. The SMILES string of the molecule is CC(C)C(C)(O)CNCCCN(C)C1CCCCC1. The van der Waals surface area contributed by atoms with E-state index in [1.165, 1.54) is 45.1 Å². The lowest BCUT2D eigenvalue weighted by atomic mass is 9.92. The molecule has 0 aliphatic heterocycles. The fourth-order valence-corrected chi connectivity index (χ4v) is 2.70. The summed E-state index contributed by atoms with van der Waals surface area (Å²) < 4.78 is 0. The first-order chi connectivity index (χ1) is 8.93. The summed E-state index contributed by atoms with van der Waals surface area (Å²) in [5.74, 6) is 0.296. The second kappa shape index (κ2) is 8.23. The van der Waals surface area contributed by atoms with E-state index in [1.54, 1.807) is 0 Å². The van der Waals surface area contributed by atoms with Gasteiger partial charge >= 0.3 is 0 Å². The van der Waals surface area contributed by atoms with Crippen molar-refractivity contribution in [2.24, 2.45) is 5.92 Å². The lowest BCUT2D eigenvalue weighted by molar-refractivity contribution is 0.0142. The summed E-state index contributed by atoms with van der Waals surface area (Å²) in [5.41, 5.74) is -0.588. The van der Waals surface area contributed by atoms with Gasteiger partial charge in [-0.25, -0.2) is 0 Å². The van der Waals surface area contributed by atoms with Crippen molar-refractivity contribution in [1.29, 1.82) is 0 Å². The van der Waals surface area contributed by atoms with Crippen molar-refractivity contribution < 1.29 is 5.11 Å². The molecule has 0 amide bonds. The Balaban J connectivity index is 2.07. The third-order valence-electron chi connectivity index (χ3n) is 4.79. The van der Waals surface area contributed by atoms with E-state index < -0.39 is 5.60 Å². The van der Waals surface area contributed by atoms with Gasteiger partial charge in [-0.15, -0.1) is 0 Å². The zero-order valence-corrected chi connectivity index (χ0v) is 13.4. The third-order valence-corrected chi connectivity index (χ3v) is 4.79. The Labute approximate surface area is 119 Å². The number of hydrogen-bond donors (Lipinski definition) is 2. The highest BCUT2D eigenvalue weighted by molar-refractivity contribution is 4.79. The molecule has 1 atom stereocenters. The van der Waals surface area contributed by atoms with Crippen LogP contribution in [-0.2, 0) is 0 Å². The van der Waals surface area contributed by atoms with Crippen molar-refractivity contribution in [2.45, 2.75) is 70.9 Å². The summed E-state index contributed by atoms with van der Waals surface area (Å²) in [7, 11) is 2.26. The van der Waals surface area contributed by atoms with Crippen molar-refractivity contribution in [1.82, 2.24) is 10.2 Å². The highest BCUT2D eigenvalue weighted by Gasteiger charge is 2.24. The number of hydrogen-bond acceptors (Lipinski definition) is 3. The van der Waals surface area contributed by atoms with E-state index in [4.69, 9.17) is 0 Å². The fraction of sp³-hybridized carbons (Fsp3) is 1.00. The van der Waals surface area contributed by atoms with E-state index in [1.807, 2.05) is 6.92 Å². The summed E-state index contributed by atoms with van der Waals surface area (Å²) >= 11 is 0. The summed E-state index contributed by atoms with van der Waals surface area (Å²) in [4.78, 5) is 2.53. The molecule has 0 heterocycles. The molecule has 0 aromatic heterocycles. The van der Waals surface area contributed by atoms with Gasteiger partial charge < -0.3 is 15.3 Å². The maximum atomic E-state index is 10.1. The predicted molar refractivity (Wildman–Crippen MR) is 82.5 cm³/mol. The monoisotopic (exact) mass is 270 g/mol. The smallest absolute Gasteiger partial charge is 0.0766 e. The van der Waals surface area contributed by atoms with E-state index in [2.05, 4.69) is 31.1 Å². The minimum Gasteiger partial charge on any atom is -0.389 e. The molecule has 1 aliphatic carbocycles. The zero-order valence-electron chi connectivity index (χ0n) is 13.4. The lowest BCUT2D eigenvalue weighted by Crippen LogP contribution is -2.43. The minimum atomic E-state index is -0.588. The van der Waals surface area contributed by atoms with Crippen molar-refractivity contribution in [3.05, 3.63) is 0 Å². The zero-order chi connectivity index (χ0) is 14.3. The number of aliphatic hydroxyl groups is 1. The van der Waals surface area contributed by atoms with Crippen LogP contribution in [0.2, 0.25) is 0 Å². The minimum absolute atomic E-state index is 0.296. The van der Waals surface area contributed by atoms with Crippen LogP contribution >= 0.6 is 0 Å². The van der Waals surface area contributed by atoms with Gasteiger partial charge in [-0.2, -0.15) is 0 Å². The molecule has 1 rings (SSSR count). The Kier molecular flexibility index (Phi) is 7.33. The molecule has 0 bridgehead atoms. The topological polar surface area (TPSA) is 35.5 Å². The van der Waals surface area contributed by atoms with Gasteiger partial charge in [0.15, 0.2) is 0 Å². The number of nitrogens with one attached hydrogen (secondary N) is 1. The molecule has 0 spiro atoms. The molecule has 3 nitrogen and oxygen atoms in total. The molecule has 2 N–H and O–H groups in total. The molecule has 114 valence electrons. The van der Waals surface area contributed by atoms with Crippen LogP contribution in [0.1, 0.15) is 59.3 Å². The third kappa shape index (κ3) is 6.24. The van der Waals surface area contributed by atoms with E-state index in [9.17, 15) is 5.11 Å². The molecule has 0 aromatic carbocycles.